The molecule has 1 aliphatic rings. The van der Waals surface area contributed by atoms with E-state index in [9.17, 15) is 4.79 Å². The first-order valence-corrected chi connectivity index (χ1v) is 6.14. The number of nitrogens with one attached hydrogen (secondary N) is 1. The Morgan fingerprint density at radius 3 is 2.62 bits per heavy atom. The van der Waals surface area contributed by atoms with E-state index in [-0.39, 0.29) is 12.1 Å². The van der Waals surface area contributed by atoms with Gasteiger partial charge >= 0.3 is 6.09 Å². The molecule has 0 aromatic heterocycles. The van der Waals surface area contributed by atoms with Gasteiger partial charge in [-0.25, -0.2) is 4.79 Å². The molecule has 0 spiro atoms. The molecule has 0 aromatic rings. The molecule has 1 atom stereocenters. The van der Waals surface area contributed by atoms with Gasteiger partial charge in [0.05, 0.1) is 0 Å². The van der Waals surface area contributed by atoms with Gasteiger partial charge in [-0.2, -0.15) is 0 Å². The highest BCUT2D eigenvalue weighted by atomic mass is 16.6. The molecule has 16 heavy (non-hydrogen) atoms. The minimum absolute atomic E-state index is 0.191. The highest BCUT2D eigenvalue weighted by molar-refractivity contribution is 5.68. The Balaban J connectivity index is 2.55. The number of hydrogen-bond donors (Lipinski definition) is 1. The summed E-state index contributed by atoms with van der Waals surface area (Å²) in [4.78, 5) is 13.8. The summed E-state index contributed by atoms with van der Waals surface area (Å²) in [5.74, 6) is 0. The first-order valence-electron chi connectivity index (χ1n) is 6.14. The average Bonchev–Trinajstić information content (AvgIpc) is 2.17. The van der Waals surface area contributed by atoms with Crippen LogP contribution in [0.4, 0.5) is 4.79 Å². The third kappa shape index (κ3) is 4.00. The molecule has 1 fully saturated rings. The Labute approximate surface area is 98.3 Å². The number of rotatable bonds is 2. The molecule has 1 amide bonds. The summed E-state index contributed by atoms with van der Waals surface area (Å²) in [6.45, 7) is 10.4. The second-order valence-electron chi connectivity index (χ2n) is 5.27. The summed E-state index contributed by atoms with van der Waals surface area (Å²) in [5.41, 5.74) is -0.410. The second-order valence-corrected chi connectivity index (χ2v) is 5.27. The molecule has 1 saturated heterocycles. The zero-order valence-corrected chi connectivity index (χ0v) is 10.9. The fourth-order valence-corrected chi connectivity index (χ4v) is 1.96. The van der Waals surface area contributed by atoms with E-state index in [1.165, 1.54) is 0 Å². The highest BCUT2D eigenvalue weighted by Crippen LogP contribution is 2.15. The van der Waals surface area contributed by atoms with Gasteiger partial charge in [0.2, 0.25) is 0 Å². The Morgan fingerprint density at radius 2 is 2.19 bits per heavy atom. The average molecular weight is 228 g/mol. The molecule has 1 rings (SSSR count). The van der Waals surface area contributed by atoms with Crippen molar-refractivity contribution in [2.45, 2.75) is 52.2 Å². The monoisotopic (exact) mass is 228 g/mol. The van der Waals surface area contributed by atoms with Crippen LogP contribution < -0.4 is 5.32 Å². The van der Waals surface area contributed by atoms with Crippen molar-refractivity contribution in [2.24, 2.45) is 0 Å². The quantitative estimate of drug-likeness (QED) is 0.786. The lowest BCUT2D eigenvalue weighted by molar-refractivity contribution is 0.0149. The second kappa shape index (κ2) is 5.53. The third-order valence-electron chi connectivity index (χ3n) is 2.68. The number of amides is 1. The zero-order chi connectivity index (χ0) is 12.2. The van der Waals surface area contributed by atoms with E-state index in [1.54, 1.807) is 0 Å². The number of hydrogen-bond acceptors (Lipinski definition) is 3. The van der Waals surface area contributed by atoms with Crippen LogP contribution in [0.1, 0.15) is 40.5 Å². The zero-order valence-electron chi connectivity index (χ0n) is 10.9. The molecular formula is C12H24N2O2. The number of piperidine rings is 1. The first kappa shape index (κ1) is 13.3. The molecule has 4 nitrogen and oxygen atoms in total. The van der Waals surface area contributed by atoms with Crippen molar-refractivity contribution in [2.75, 3.05) is 19.6 Å². The fourth-order valence-electron chi connectivity index (χ4n) is 1.96. The van der Waals surface area contributed by atoms with Crippen molar-refractivity contribution in [1.82, 2.24) is 10.2 Å². The number of carbonyl (C=O) groups excluding carboxylic acids is 1. The van der Waals surface area contributed by atoms with Crippen LogP contribution in [-0.4, -0.2) is 42.3 Å². The van der Waals surface area contributed by atoms with E-state index in [0.717, 1.165) is 25.9 Å². The van der Waals surface area contributed by atoms with Gasteiger partial charge in [0.15, 0.2) is 0 Å². The Hall–Kier alpha value is -0.770. The van der Waals surface area contributed by atoms with Crippen LogP contribution in [0.25, 0.3) is 0 Å². The van der Waals surface area contributed by atoms with Gasteiger partial charge in [0.25, 0.3) is 0 Å². The molecule has 0 radical (unpaired) electrons. The Bertz CT molecular complexity index is 230. The smallest absolute Gasteiger partial charge is 0.410 e. The largest absolute Gasteiger partial charge is 0.444 e. The molecule has 94 valence electrons. The summed E-state index contributed by atoms with van der Waals surface area (Å²) in [7, 11) is 0. The molecule has 1 N–H and O–H groups in total. The molecular weight excluding hydrogens is 204 g/mol. The summed E-state index contributed by atoms with van der Waals surface area (Å²) in [6.07, 6.45) is 2.01. The van der Waals surface area contributed by atoms with Crippen LogP contribution in [0.5, 0.6) is 0 Å². The molecule has 0 aliphatic carbocycles. The van der Waals surface area contributed by atoms with Crippen LogP contribution >= 0.6 is 0 Å². The summed E-state index contributed by atoms with van der Waals surface area (Å²) < 4.78 is 5.40. The van der Waals surface area contributed by atoms with Gasteiger partial charge in [0, 0.05) is 19.1 Å². The standard InChI is InChI=1S/C12H24N2O2/c1-5-14(10-7-6-8-13-9-10)11(15)16-12(2,3)4/h10,13H,5-9H2,1-4H3. The normalized spacial score (nSPS) is 21.6. The maximum atomic E-state index is 12.0. The van der Waals surface area contributed by atoms with Crippen LogP contribution in [0.3, 0.4) is 0 Å². The maximum absolute atomic E-state index is 12.0. The van der Waals surface area contributed by atoms with Gasteiger partial charge in [-0.3, -0.25) is 0 Å². The van der Waals surface area contributed by atoms with Crippen LogP contribution in [0.2, 0.25) is 0 Å². The van der Waals surface area contributed by atoms with Crippen LogP contribution in [0, 0.1) is 0 Å². The third-order valence-corrected chi connectivity index (χ3v) is 2.68. The Morgan fingerprint density at radius 1 is 1.50 bits per heavy atom. The fraction of sp³-hybridized carbons (Fsp3) is 0.917. The number of likely N-dealkylation sites (N-methyl/N-ethyl adjacent to an activating group) is 1. The first-order chi connectivity index (χ1) is 7.44. The minimum Gasteiger partial charge on any atom is -0.444 e. The van der Waals surface area contributed by atoms with E-state index in [1.807, 2.05) is 32.6 Å². The summed E-state index contributed by atoms with van der Waals surface area (Å²) in [5, 5.41) is 3.32. The molecule has 0 bridgehead atoms. The summed E-state index contributed by atoms with van der Waals surface area (Å²) in [6, 6.07) is 0.286. The maximum Gasteiger partial charge on any atom is 0.410 e. The van der Waals surface area contributed by atoms with Crippen molar-refractivity contribution in [3.05, 3.63) is 0 Å². The predicted octanol–water partition coefficient (Wildman–Crippen LogP) is 2.00. The topological polar surface area (TPSA) is 41.6 Å². The van der Waals surface area contributed by atoms with Crippen molar-refractivity contribution < 1.29 is 9.53 Å². The molecule has 0 saturated carbocycles. The highest BCUT2D eigenvalue weighted by Gasteiger charge is 2.27. The minimum atomic E-state index is -0.410. The van der Waals surface area contributed by atoms with Gasteiger partial charge in [-0.1, -0.05) is 0 Å². The van der Waals surface area contributed by atoms with Gasteiger partial charge in [-0.05, 0) is 47.1 Å². The number of carbonyl (C=O) groups is 1. The van der Waals surface area contributed by atoms with Gasteiger partial charge in [-0.15, -0.1) is 0 Å². The molecule has 1 heterocycles. The van der Waals surface area contributed by atoms with Gasteiger partial charge in [0.1, 0.15) is 5.60 Å². The SMILES string of the molecule is CCN(C(=O)OC(C)(C)C)C1CCCNC1. The molecule has 4 heteroatoms. The van der Waals surface area contributed by atoms with E-state index >= 15 is 0 Å². The lowest BCUT2D eigenvalue weighted by Crippen LogP contribution is -2.50. The van der Waals surface area contributed by atoms with Crippen molar-refractivity contribution >= 4 is 6.09 Å². The van der Waals surface area contributed by atoms with Crippen molar-refractivity contribution in [3.8, 4) is 0 Å². The van der Waals surface area contributed by atoms with Crippen molar-refractivity contribution in [1.29, 1.82) is 0 Å². The van der Waals surface area contributed by atoms with E-state index in [0.29, 0.717) is 6.54 Å². The molecule has 1 unspecified atom stereocenters. The van der Waals surface area contributed by atoms with E-state index in [4.69, 9.17) is 4.74 Å². The van der Waals surface area contributed by atoms with E-state index < -0.39 is 5.60 Å². The predicted molar refractivity (Wildman–Crippen MR) is 64.5 cm³/mol. The lowest BCUT2D eigenvalue weighted by atomic mass is 10.1. The van der Waals surface area contributed by atoms with Crippen LogP contribution in [-0.2, 0) is 4.74 Å². The lowest BCUT2D eigenvalue weighted by Gasteiger charge is -2.35. The Kier molecular flexibility index (Phi) is 4.59. The number of nitrogens with zero attached hydrogens (tertiary/aromatic N) is 1. The molecule has 0 aromatic carbocycles. The van der Waals surface area contributed by atoms with Gasteiger partial charge < -0.3 is 15.0 Å². The van der Waals surface area contributed by atoms with E-state index in [2.05, 4.69) is 5.32 Å². The van der Waals surface area contributed by atoms with Crippen LogP contribution in [0.15, 0.2) is 0 Å². The van der Waals surface area contributed by atoms with Crippen molar-refractivity contribution in [3.63, 3.8) is 0 Å². The number of ether oxygens (including phenoxy) is 1. The molecule has 1 aliphatic heterocycles. The summed E-state index contributed by atoms with van der Waals surface area (Å²) >= 11 is 0.